The Morgan fingerprint density at radius 1 is 1.33 bits per heavy atom. The van der Waals surface area contributed by atoms with Crippen LogP contribution >= 0.6 is 0 Å². The summed E-state index contributed by atoms with van der Waals surface area (Å²) in [5.41, 5.74) is 1.75. The number of aryl methyl sites for hydroxylation is 1. The lowest BCUT2D eigenvalue weighted by Crippen LogP contribution is -2.29. The van der Waals surface area contributed by atoms with Crippen molar-refractivity contribution in [3.8, 4) is 0 Å². The topological polar surface area (TPSA) is 75.4 Å². The van der Waals surface area contributed by atoms with Crippen LogP contribution < -0.4 is 0 Å². The van der Waals surface area contributed by atoms with Crippen LogP contribution in [0.15, 0.2) is 24.3 Å². The van der Waals surface area contributed by atoms with Gasteiger partial charge < -0.3 is 10.0 Å². The molecule has 0 aliphatic carbocycles. The molecule has 2 rings (SSSR count). The van der Waals surface area contributed by atoms with Crippen molar-refractivity contribution in [2.75, 3.05) is 13.6 Å². The fourth-order valence-corrected chi connectivity index (χ4v) is 2.29. The van der Waals surface area contributed by atoms with Crippen molar-refractivity contribution in [1.29, 1.82) is 0 Å². The lowest BCUT2D eigenvalue weighted by molar-refractivity contribution is -0.138. The summed E-state index contributed by atoms with van der Waals surface area (Å²) in [5.74, 6) is -0.893. The molecule has 1 heterocycles. The monoisotopic (exact) mass is 289 g/mol. The van der Waals surface area contributed by atoms with E-state index in [1.807, 2.05) is 31.3 Å². The third kappa shape index (κ3) is 3.59. The summed E-state index contributed by atoms with van der Waals surface area (Å²) >= 11 is 0. The largest absolute Gasteiger partial charge is 0.481 e. The summed E-state index contributed by atoms with van der Waals surface area (Å²) in [4.78, 5) is 24.2. The number of rotatable bonds is 6. The van der Waals surface area contributed by atoms with Crippen LogP contribution in [0.1, 0.15) is 18.5 Å². The molecule has 0 spiro atoms. The van der Waals surface area contributed by atoms with Gasteiger partial charge in [-0.2, -0.15) is 5.10 Å². The van der Waals surface area contributed by atoms with Gasteiger partial charge in [0, 0.05) is 32.4 Å². The average Bonchev–Trinajstić information content (AvgIpc) is 2.75. The fraction of sp³-hybridized carbons (Fsp3) is 0.400. The standard InChI is InChI=1S/C15H19N3O3/c1-17(9-5-8-15(20)21)14(19)10-12-11-6-3-4-7-13(11)18(2)16-12/h3-4,6-7H,5,8-10H2,1-2H3,(H,20,21). The zero-order valence-electron chi connectivity index (χ0n) is 12.2. The summed E-state index contributed by atoms with van der Waals surface area (Å²) in [6, 6.07) is 7.78. The Morgan fingerprint density at radius 2 is 2.05 bits per heavy atom. The number of aromatic nitrogens is 2. The van der Waals surface area contributed by atoms with Gasteiger partial charge in [0.1, 0.15) is 0 Å². The highest BCUT2D eigenvalue weighted by molar-refractivity contribution is 5.87. The SMILES string of the molecule is CN(CCCC(=O)O)C(=O)Cc1nn(C)c2ccccc12. The average molecular weight is 289 g/mol. The van der Waals surface area contributed by atoms with Gasteiger partial charge >= 0.3 is 5.97 Å². The molecule has 1 aromatic carbocycles. The summed E-state index contributed by atoms with van der Waals surface area (Å²) in [5, 5.41) is 14.0. The Hall–Kier alpha value is -2.37. The number of carboxylic acids is 1. The van der Waals surface area contributed by atoms with E-state index in [1.54, 1.807) is 16.6 Å². The molecule has 0 fully saturated rings. The van der Waals surface area contributed by atoms with E-state index in [0.717, 1.165) is 16.6 Å². The molecule has 1 aromatic heterocycles. The van der Waals surface area contributed by atoms with E-state index in [9.17, 15) is 9.59 Å². The van der Waals surface area contributed by atoms with Gasteiger partial charge in [-0.1, -0.05) is 18.2 Å². The van der Waals surface area contributed by atoms with E-state index in [4.69, 9.17) is 5.11 Å². The van der Waals surface area contributed by atoms with Crippen molar-refractivity contribution in [2.24, 2.45) is 7.05 Å². The highest BCUT2D eigenvalue weighted by Gasteiger charge is 2.15. The Bertz CT molecular complexity index is 663. The maximum atomic E-state index is 12.2. The van der Waals surface area contributed by atoms with Gasteiger partial charge in [-0.25, -0.2) is 0 Å². The van der Waals surface area contributed by atoms with Crippen LogP contribution in [0.25, 0.3) is 10.9 Å². The Kier molecular flexibility index (Phi) is 4.57. The maximum Gasteiger partial charge on any atom is 0.303 e. The second-order valence-corrected chi connectivity index (χ2v) is 5.08. The zero-order valence-corrected chi connectivity index (χ0v) is 12.2. The van der Waals surface area contributed by atoms with Crippen LogP contribution in [0.4, 0.5) is 0 Å². The molecule has 0 saturated carbocycles. The Morgan fingerprint density at radius 3 is 2.76 bits per heavy atom. The number of para-hydroxylation sites is 1. The summed E-state index contributed by atoms with van der Waals surface area (Å²) in [7, 11) is 3.54. The number of carbonyl (C=O) groups excluding carboxylic acids is 1. The van der Waals surface area contributed by atoms with E-state index < -0.39 is 5.97 Å². The molecule has 0 radical (unpaired) electrons. The van der Waals surface area contributed by atoms with Crippen molar-refractivity contribution in [1.82, 2.24) is 14.7 Å². The summed E-state index contributed by atoms with van der Waals surface area (Å²) in [6.07, 6.45) is 0.760. The van der Waals surface area contributed by atoms with Crippen LogP contribution in [-0.2, 0) is 23.1 Å². The molecular formula is C15H19N3O3. The molecule has 0 unspecified atom stereocenters. The van der Waals surface area contributed by atoms with E-state index in [-0.39, 0.29) is 18.7 Å². The summed E-state index contributed by atoms with van der Waals surface area (Å²) in [6.45, 7) is 0.440. The first-order chi connectivity index (χ1) is 9.99. The zero-order chi connectivity index (χ0) is 15.4. The molecule has 6 heteroatoms. The van der Waals surface area contributed by atoms with Crippen LogP contribution in [0.5, 0.6) is 0 Å². The normalized spacial score (nSPS) is 10.8. The molecule has 6 nitrogen and oxygen atoms in total. The third-order valence-electron chi connectivity index (χ3n) is 3.46. The number of likely N-dealkylation sites (N-methyl/N-ethyl adjacent to an activating group) is 1. The van der Waals surface area contributed by atoms with Crippen molar-refractivity contribution in [3.05, 3.63) is 30.0 Å². The number of carboxylic acid groups (broad SMARTS) is 1. The van der Waals surface area contributed by atoms with Gasteiger partial charge in [0.05, 0.1) is 17.6 Å². The molecule has 2 aromatic rings. The lowest BCUT2D eigenvalue weighted by Gasteiger charge is -2.15. The van der Waals surface area contributed by atoms with E-state index in [0.29, 0.717) is 13.0 Å². The van der Waals surface area contributed by atoms with Gasteiger partial charge in [-0.15, -0.1) is 0 Å². The Balaban J connectivity index is 2.02. The molecule has 112 valence electrons. The molecule has 0 bridgehead atoms. The van der Waals surface area contributed by atoms with Crippen LogP contribution in [0.3, 0.4) is 0 Å². The summed E-state index contributed by atoms with van der Waals surface area (Å²) < 4.78 is 1.77. The molecule has 0 atom stereocenters. The number of aliphatic carboxylic acids is 1. The molecule has 0 saturated heterocycles. The van der Waals surface area contributed by atoms with Crippen LogP contribution in [0, 0.1) is 0 Å². The first-order valence-electron chi connectivity index (χ1n) is 6.85. The first kappa shape index (κ1) is 15.0. The van der Waals surface area contributed by atoms with Crippen LogP contribution in [0.2, 0.25) is 0 Å². The predicted molar refractivity (Wildman–Crippen MR) is 78.9 cm³/mol. The number of benzene rings is 1. The lowest BCUT2D eigenvalue weighted by atomic mass is 10.1. The number of carbonyl (C=O) groups is 2. The number of fused-ring (bicyclic) bond motifs is 1. The van der Waals surface area contributed by atoms with E-state index in [1.165, 1.54) is 0 Å². The highest BCUT2D eigenvalue weighted by atomic mass is 16.4. The number of nitrogens with zero attached hydrogens (tertiary/aromatic N) is 3. The predicted octanol–water partition coefficient (Wildman–Crippen LogP) is 1.44. The van der Waals surface area contributed by atoms with Gasteiger partial charge in [0.2, 0.25) is 5.91 Å². The molecular weight excluding hydrogens is 270 g/mol. The molecule has 1 amide bonds. The van der Waals surface area contributed by atoms with Crippen molar-refractivity contribution in [3.63, 3.8) is 0 Å². The number of hydrogen-bond acceptors (Lipinski definition) is 3. The first-order valence-corrected chi connectivity index (χ1v) is 6.85. The maximum absolute atomic E-state index is 12.2. The Labute approximate surface area is 123 Å². The second kappa shape index (κ2) is 6.39. The highest BCUT2D eigenvalue weighted by Crippen LogP contribution is 2.18. The molecule has 0 aliphatic heterocycles. The third-order valence-corrected chi connectivity index (χ3v) is 3.46. The number of hydrogen-bond donors (Lipinski definition) is 1. The number of amides is 1. The second-order valence-electron chi connectivity index (χ2n) is 5.08. The minimum atomic E-state index is -0.841. The van der Waals surface area contributed by atoms with Gasteiger partial charge in [0.25, 0.3) is 0 Å². The molecule has 21 heavy (non-hydrogen) atoms. The van der Waals surface area contributed by atoms with Crippen molar-refractivity contribution >= 4 is 22.8 Å². The molecule has 0 aliphatic rings. The van der Waals surface area contributed by atoms with E-state index >= 15 is 0 Å². The quantitative estimate of drug-likeness (QED) is 0.873. The van der Waals surface area contributed by atoms with E-state index in [2.05, 4.69) is 5.10 Å². The molecule has 1 N–H and O–H groups in total. The van der Waals surface area contributed by atoms with Crippen LogP contribution in [-0.4, -0.2) is 45.3 Å². The fourth-order valence-electron chi connectivity index (χ4n) is 2.29. The van der Waals surface area contributed by atoms with Gasteiger partial charge in [-0.05, 0) is 12.5 Å². The smallest absolute Gasteiger partial charge is 0.303 e. The minimum absolute atomic E-state index is 0.0516. The van der Waals surface area contributed by atoms with Gasteiger partial charge in [-0.3, -0.25) is 14.3 Å². The van der Waals surface area contributed by atoms with Crippen molar-refractivity contribution in [2.45, 2.75) is 19.3 Å². The van der Waals surface area contributed by atoms with Gasteiger partial charge in [0.15, 0.2) is 0 Å². The minimum Gasteiger partial charge on any atom is -0.481 e. The van der Waals surface area contributed by atoms with Crippen molar-refractivity contribution < 1.29 is 14.7 Å².